The molecule has 2 aromatic rings. The Kier molecular flexibility index (Phi) is 6.28. The molecule has 2 rings (SSSR count). The zero-order valence-corrected chi connectivity index (χ0v) is 15.2. The second-order valence-electron chi connectivity index (χ2n) is 6.13. The van der Waals surface area contributed by atoms with Crippen molar-refractivity contribution in [2.75, 3.05) is 5.75 Å². The lowest BCUT2D eigenvalue weighted by Crippen LogP contribution is -2.28. The van der Waals surface area contributed by atoms with Gasteiger partial charge in [0.1, 0.15) is 0 Å². The Balaban J connectivity index is 1.81. The van der Waals surface area contributed by atoms with Crippen LogP contribution in [0.25, 0.3) is 0 Å². The highest BCUT2D eigenvalue weighted by Gasteiger charge is 2.11. The highest BCUT2D eigenvalue weighted by molar-refractivity contribution is 7.99. The van der Waals surface area contributed by atoms with Gasteiger partial charge in [0.15, 0.2) is 0 Å². The number of hydrogen-bond donors (Lipinski definition) is 1. The fraction of sp³-hybridized carbons (Fsp3) is 0.350. The van der Waals surface area contributed by atoms with E-state index in [2.05, 4.69) is 68.6 Å². The number of thioether (sulfide) groups is 1. The van der Waals surface area contributed by atoms with Crippen molar-refractivity contribution in [3.63, 3.8) is 0 Å². The standard InChI is InChI=1S/C20H25NOS/c1-14-5-8-18(9-6-14)12-23-13-20(22)21-17(4)19-10-7-15(2)11-16(19)3/h5-11,17H,12-13H2,1-4H3,(H,21,22). The quantitative estimate of drug-likeness (QED) is 0.831. The van der Waals surface area contributed by atoms with E-state index in [1.807, 2.05) is 6.92 Å². The molecule has 2 aromatic carbocycles. The Morgan fingerprint density at radius 1 is 1.04 bits per heavy atom. The number of amides is 1. The van der Waals surface area contributed by atoms with Crippen molar-refractivity contribution in [3.05, 3.63) is 70.3 Å². The molecule has 0 aliphatic heterocycles. The van der Waals surface area contributed by atoms with E-state index in [9.17, 15) is 4.79 Å². The summed E-state index contributed by atoms with van der Waals surface area (Å²) in [7, 11) is 0. The fourth-order valence-electron chi connectivity index (χ4n) is 2.62. The number of rotatable bonds is 6. The van der Waals surface area contributed by atoms with Crippen LogP contribution in [0.4, 0.5) is 0 Å². The van der Waals surface area contributed by atoms with E-state index in [0.29, 0.717) is 5.75 Å². The largest absolute Gasteiger partial charge is 0.349 e. The van der Waals surface area contributed by atoms with Gasteiger partial charge >= 0.3 is 0 Å². The molecule has 0 bridgehead atoms. The lowest BCUT2D eigenvalue weighted by atomic mass is 10.0. The molecule has 122 valence electrons. The summed E-state index contributed by atoms with van der Waals surface area (Å²) >= 11 is 1.65. The minimum absolute atomic E-state index is 0.0445. The fourth-order valence-corrected chi connectivity index (χ4v) is 3.42. The smallest absolute Gasteiger partial charge is 0.230 e. The first-order valence-corrected chi connectivity index (χ1v) is 9.11. The second-order valence-corrected chi connectivity index (χ2v) is 7.11. The summed E-state index contributed by atoms with van der Waals surface area (Å²) < 4.78 is 0. The third-order valence-electron chi connectivity index (χ3n) is 3.89. The van der Waals surface area contributed by atoms with E-state index in [0.717, 1.165) is 5.75 Å². The molecule has 0 aliphatic carbocycles. The molecule has 0 saturated heterocycles. The summed E-state index contributed by atoms with van der Waals surface area (Å²) in [4.78, 5) is 12.1. The third kappa shape index (κ3) is 5.43. The highest BCUT2D eigenvalue weighted by atomic mass is 32.2. The normalized spacial score (nSPS) is 12.0. The number of aryl methyl sites for hydroxylation is 3. The molecule has 0 spiro atoms. The Morgan fingerprint density at radius 3 is 2.35 bits per heavy atom. The summed E-state index contributed by atoms with van der Waals surface area (Å²) in [6, 6.07) is 14.9. The summed E-state index contributed by atoms with van der Waals surface area (Å²) in [5, 5.41) is 3.09. The van der Waals surface area contributed by atoms with E-state index in [-0.39, 0.29) is 11.9 Å². The van der Waals surface area contributed by atoms with Crippen LogP contribution in [0, 0.1) is 20.8 Å². The van der Waals surface area contributed by atoms with E-state index >= 15 is 0 Å². The molecule has 0 aliphatic rings. The molecule has 0 fully saturated rings. The van der Waals surface area contributed by atoms with Gasteiger partial charge in [0, 0.05) is 5.75 Å². The second kappa shape index (κ2) is 8.21. The first-order valence-electron chi connectivity index (χ1n) is 7.95. The maximum absolute atomic E-state index is 12.1. The maximum Gasteiger partial charge on any atom is 0.230 e. The predicted octanol–water partition coefficient (Wildman–Crippen LogP) is 4.72. The van der Waals surface area contributed by atoms with Crippen LogP contribution in [0.5, 0.6) is 0 Å². The SMILES string of the molecule is Cc1ccc(CSCC(=O)NC(C)c2ccc(C)cc2C)cc1. The molecule has 1 N–H and O–H groups in total. The molecular weight excluding hydrogens is 302 g/mol. The molecule has 0 saturated carbocycles. The van der Waals surface area contributed by atoms with Gasteiger partial charge in [-0.15, -0.1) is 11.8 Å². The van der Waals surface area contributed by atoms with Gasteiger partial charge in [0.05, 0.1) is 11.8 Å². The Labute approximate surface area is 143 Å². The van der Waals surface area contributed by atoms with Crippen molar-refractivity contribution in [2.45, 2.75) is 39.5 Å². The molecule has 1 atom stereocenters. The number of nitrogens with one attached hydrogen (secondary N) is 1. The molecular formula is C20H25NOS. The molecule has 1 unspecified atom stereocenters. The van der Waals surface area contributed by atoms with Gasteiger partial charge in [0.2, 0.25) is 5.91 Å². The average Bonchev–Trinajstić information content (AvgIpc) is 2.49. The van der Waals surface area contributed by atoms with E-state index in [1.165, 1.54) is 27.8 Å². The van der Waals surface area contributed by atoms with E-state index in [4.69, 9.17) is 0 Å². The van der Waals surface area contributed by atoms with Gasteiger partial charge < -0.3 is 5.32 Å². The lowest BCUT2D eigenvalue weighted by molar-refractivity contribution is -0.119. The third-order valence-corrected chi connectivity index (χ3v) is 4.90. The lowest BCUT2D eigenvalue weighted by Gasteiger charge is -2.17. The van der Waals surface area contributed by atoms with Crippen molar-refractivity contribution < 1.29 is 4.79 Å². The van der Waals surface area contributed by atoms with Crippen LogP contribution in [0.15, 0.2) is 42.5 Å². The first kappa shape index (κ1) is 17.6. The van der Waals surface area contributed by atoms with Gasteiger partial charge in [-0.3, -0.25) is 4.79 Å². The monoisotopic (exact) mass is 327 g/mol. The van der Waals surface area contributed by atoms with Crippen molar-refractivity contribution in [3.8, 4) is 0 Å². The van der Waals surface area contributed by atoms with Crippen LogP contribution in [0.2, 0.25) is 0 Å². The van der Waals surface area contributed by atoms with Crippen LogP contribution in [-0.2, 0) is 10.5 Å². The molecule has 0 heterocycles. The van der Waals surface area contributed by atoms with Crippen LogP contribution < -0.4 is 5.32 Å². The van der Waals surface area contributed by atoms with Crippen molar-refractivity contribution in [1.82, 2.24) is 5.32 Å². The van der Waals surface area contributed by atoms with E-state index < -0.39 is 0 Å². The van der Waals surface area contributed by atoms with Gasteiger partial charge in [0.25, 0.3) is 0 Å². The molecule has 0 radical (unpaired) electrons. The number of carbonyl (C=O) groups excluding carboxylic acids is 1. The molecule has 1 amide bonds. The van der Waals surface area contributed by atoms with Crippen LogP contribution in [-0.4, -0.2) is 11.7 Å². The van der Waals surface area contributed by atoms with Gasteiger partial charge in [-0.05, 0) is 44.4 Å². The van der Waals surface area contributed by atoms with Crippen LogP contribution in [0.3, 0.4) is 0 Å². The Hall–Kier alpha value is -1.74. The van der Waals surface area contributed by atoms with Crippen LogP contribution in [0.1, 0.15) is 40.8 Å². The summed E-state index contributed by atoms with van der Waals surface area (Å²) in [5.41, 5.74) is 6.19. The topological polar surface area (TPSA) is 29.1 Å². The number of carbonyl (C=O) groups is 1. The minimum Gasteiger partial charge on any atom is -0.349 e. The molecule has 0 aromatic heterocycles. The van der Waals surface area contributed by atoms with Gasteiger partial charge in [-0.1, -0.05) is 53.6 Å². The predicted molar refractivity (Wildman–Crippen MR) is 99.8 cm³/mol. The van der Waals surface area contributed by atoms with Crippen molar-refractivity contribution in [2.24, 2.45) is 0 Å². The highest BCUT2D eigenvalue weighted by Crippen LogP contribution is 2.19. The maximum atomic E-state index is 12.1. The number of benzene rings is 2. The molecule has 3 heteroatoms. The summed E-state index contributed by atoms with van der Waals surface area (Å²) in [6.07, 6.45) is 0. The van der Waals surface area contributed by atoms with Crippen LogP contribution >= 0.6 is 11.8 Å². The Morgan fingerprint density at radius 2 is 1.70 bits per heavy atom. The summed E-state index contributed by atoms with van der Waals surface area (Å²) in [5.74, 6) is 1.45. The van der Waals surface area contributed by atoms with E-state index in [1.54, 1.807) is 11.8 Å². The first-order chi connectivity index (χ1) is 11.0. The zero-order chi connectivity index (χ0) is 16.8. The van der Waals surface area contributed by atoms with Crippen molar-refractivity contribution in [1.29, 1.82) is 0 Å². The van der Waals surface area contributed by atoms with Gasteiger partial charge in [-0.2, -0.15) is 0 Å². The Bertz CT molecular complexity index is 664. The minimum atomic E-state index is 0.0445. The summed E-state index contributed by atoms with van der Waals surface area (Å²) in [6.45, 7) is 8.30. The molecule has 2 nitrogen and oxygen atoms in total. The number of hydrogen-bond acceptors (Lipinski definition) is 2. The average molecular weight is 327 g/mol. The molecule has 23 heavy (non-hydrogen) atoms. The van der Waals surface area contributed by atoms with Crippen molar-refractivity contribution >= 4 is 17.7 Å². The zero-order valence-electron chi connectivity index (χ0n) is 14.3. The van der Waals surface area contributed by atoms with Gasteiger partial charge in [-0.25, -0.2) is 0 Å².